The van der Waals surface area contributed by atoms with Gasteiger partial charge in [-0.3, -0.25) is 4.79 Å². The normalized spacial score (nSPS) is 9.83. The first-order valence-corrected chi connectivity index (χ1v) is 6.32. The molecule has 0 spiro atoms. The van der Waals surface area contributed by atoms with Gasteiger partial charge in [-0.15, -0.1) is 11.6 Å². The van der Waals surface area contributed by atoms with Gasteiger partial charge in [0, 0.05) is 6.54 Å². The van der Waals surface area contributed by atoms with Crippen LogP contribution in [0.5, 0.6) is 0 Å². The van der Waals surface area contributed by atoms with Gasteiger partial charge in [0.2, 0.25) is 5.91 Å². The Balaban J connectivity index is 2.08. The van der Waals surface area contributed by atoms with E-state index in [4.69, 9.17) is 16.3 Å². The number of hydrogen-bond donors (Lipinski definition) is 1. The average molecular weight is 270 g/mol. The van der Waals surface area contributed by atoms with Crippen LogP contribution < -0.4 is 5.32 Å². The van der Waals surface area contributed by atoms with E-state index in [1.165, 1.54) is 0 Å². The molecule has 0 atom stereocenters. The van der Waals surface area contributed by atoms with E-state index < -0.39 is 0 Å². The number of hydrogen-bond acceptors (Lipinski definition) is 3. The van der Waals surface area contributed by atoms with E-state index in [-0.39, 0.29) is 17.8 Å². The Morgan fingerprint density at radius 3 is 2.56 bits per heavy atom. The first kappa shape index (κ1) is 14.5. The highest BCUT2D eigenvalue weighted by Crippen LogP contribution is 2.01. The van der Waals surface area contributed by atoms with Gasteiger partial charge >= 0.3 is 5.97 Å². The summed E-state index contributed by atoms with van der Waals surface area (Å²) < 4.78 is 5.08. The standard InChI is InChI=1S/C13H16ClNO3/c14-10-12(16)15-8-4-5-9-18-13(17)11-6-2-1-3-7-11/h1-3,6-7H,4-5,8-10H2,(H,15,16). The molecule has 0 aromatic heterocycles. The molecular weight excluding hydrogens is 254 g/mol. The van der Waals surface area contributed by atoms with Crippen molar-refractivity contribution in [2.24, 2.45) is 0 Å². The Hall–Kier alpha value is -1.55. The Bertz CT molecular complexity index is 381. The lowest BCUT2D eigenvalue weighted by Gasteiger charge is -2.05. The summed E-state index contributed by atoms with van der Waals surface area (Å²) in [5, 5.41) is 2.64. The molecule has 5 heteroatoms. The smallest absolute Gasteiger partial charge is 0.338 e. The number of rotatable bonds is 7. The second-order valence-corrected chi connectivity index (χ2v) is 3.96. The van der Waals surface area contributed by atoms with Crippen LogP contribution in [0.4, 0.5) is 0 Å². The van der Waals surface area contributed by atoms with Gasteiger partial charge in [0.25, 0.3) is 0 Å². The zero-order valence-corrected chi connectivity index (χ0v) is 10.8. The van der Waals surface area contributed by atoms with E-state index >= 15 is 0 Å². The zero-order valence-electron chi connectivity index (χ0n) is 10.0. The summed E-state index contributed by atoms with van der Waals surface area (Å²) in [5.41, 5.74) is 0.549. The van der Waals surface area contributed by atoms with Gasteiger partial charge in [-0.2, -0.15) is 0 Å². The molecule has 1 rings (SSSR count). The molecule has 0 radical (unpaired) electrons. The topological polar surface area (TPSA) is 55.4 Å². The zero-order chi connectivity index (χ0) is 13.2. The summed E-state index contributed by atoms with van der Waals surface area (Å²) in [7, 11) is 0. The monoisotopic (exact) mass is 269 g/mol. The van der Waals surface area contributed by atoms with Crippen molar-refractivity contribution >= 4 is 23.5 Å². The molecule has 0 saturated carbocycles. The maximum Gasteiger partial charge on any atom is 0.338 e. The second-order valence-electron chi connectivity index (χ2n) is 3.69. The number of amides is 1. The summed E-state index contributed by atoms with van der Waals surface area (Å²) in [5.74, 6) is -0.526. The molecule has 0 unspecified atom stereocenters. The van der Waals surface area contributed by atoms with Gasteiger partial charge in [-0.05, 0) is 25.0 Å². The summed E-state index contributed by atoms with van der Waals surface area (Å²) in [6, 6.07) is 8.85. The van der Waals surface area contributed by atoms with Crippen molar-refractivity contribution in [2.75, 3.05) is 19.0 Å². The number of esters is 1. The fourth-order valence-electron chi connectivity index (χ4n) is 1.32. The molecule has 98 valence electrons. The van der Waals surface area contributed by atoms with E-state index in [0.717, 1.165) is 6.42 Å². The summed E-state index contributed by atoms with van der Waals surface area (Å²) in [4.78, 5) is 22.3. The summed E-state index contributed by atoms with van der Waals surface area (Å²) >= 11 is 5.32. The van der Waals surface area contributed by atoms with Crippen LogP contribution in [0.3, 0.4) is 0 Å². The van der Waals surface area contributed by atoms with E-state index in [2.05, 4.69) is 5.32 Å². The molecule has 0 fully saturated rings. The highest BCUT2D eigenvalue weighted by Gasteiger charge is 2.05. The van der Waals surface area contributed by atoms with Gasteiger partial charge in [-0.1, -0.05) is 18.2 Å². The Kier molecular flexibility index (Phi) is 6.87. The molecule has 1 N–H and O–H groups in total. The molecule has 0 saturated heterocycles. The molecule has 1 aromatic rings. The van der Waals surface area contributed by atoms with Crippen LogP contribution in [0, 0.1) is 0 Å². The second kappa shape index (κ2) is 8.53. The Labute approximate surface area is 111 Å². The average Bonchev–Trinajstić information content (AvgIpc) is 2.43. The highest BCUT2D eigenvalue weighted by molar-refractivity contribution is 6.27. The highest BCUT2D eigenvalue weighted by atomic mass is 35.5. The molecule has 0 aliphatic rings. The number of nitrogens with one attached hydrogen (secondary N) is 1. The van der Waals surface area contributed by atoms with E-state index in [1.54, 1.807) is 24.3 Å². The molecule has 0 aliphatic heterocycles. The molecule has 1 aromatic carbocycles. The molecule has 0 aliphatic carbocycles. The molecule has 18 heavy (non-hydrogen) atoms. The molecule has 4 nitrogen and oxygen atoms in total. The predicted octanol–water partition coefficient (Wildman–Crippen LogP) is 1.98. The van der Waals surface area contributed by atoms with Crippen LogP contribution in [0.15, 0.2) is 30.3 Å². The number of unbranched alkanes of at least 4 members (excludes halogenated alkanes) is 1. The van der Waals surface area contributed by atoms with Crippen molar-refractivity contribution in [1.82, 2.24) is 5.32 Å². The minimum Gasteiger partial charge on any atom is -0.462 e. The van der Waals surface area contributed by atoms with Crippen LogP contribution >= 0.6 is 11.6 Å². The van der Waals surface area contributed by atoms with Gasteiger partial charge in [0.15, 0.2) is 0 Å². The molecule has 0 heterocycles. The first-order valence-electron chi connectivity index (χ1n) is 5.79. The predicted molar refractivity (Wildman–Crippen MR) is 69.7 cm³/mol. The third-order valence-electron chi connectivity index (χ3n) is 2.26. The number of carbonyl (C=O) groups excluding carboxylic acids is 2. The minimum absolute atomic E-state index is 0.0248. The maximum atomic E-state index is 11.5. The number of benzene rings is 1. The number of halogens is 1. The molecule has 1 amide bonds. The lowest BCUT2D eigenvalue weighted by Crippen LogP contribution is -2.25. The summed E-state index contributed by atoms with van der Waals surface area (Å²) in [6.07, 6.45) is 1.46. The minimum atomic E-state index is -0.319. The fourth-order valence-corrected chi connectivity index (χ4v) is 1.42. The molecule has 0 bridgehead atoms. The van der Waals surface area contributed by atoms with Crippen LogP contribution in [0.2, 0.25) is 0 Å². The van der Waals surface area contributed by atoms with Gasteiger partial charge in [0.05, 0.1) is 12.2 Å². The van der Waals surface area contributed by atoms with E-state index in [9.17, 15) is 9.59 Å². The summed E-state index contributed by atoms with van der Waals surface area (Å²) in [6.45, 7) is 0.902. The van der Waals surface area contributed by atoms with Crippen molar-refractivity contribution in [3.05, 3.63) is 35.9 Å². The largest absolute Gasteiger partial charge is 0.462 e. The first-order chi connectivity index (χ1) is 8.74. The fraction of sp³-hybridized carbons (Fsp3) is 0.385. The maximum absolute atomic E-state index is 11.5. The Morgan fingerprint density at radius 2 is 1.89 bits per heavy atom. The van der Waals surface area contributed by atoms with E-state index in [1.807, 2.05) is 6.07 Å². The third-order valence-corrected chi connectivity index (χ3v) is 2.50. The van der Waals surface area contributed by atoms with Crippen molar-refractivity contribution in [3.8, 4) is 0 Å². The number of carbonyl (C=O) groups is 2. The van der Waals surface area contributed by atoms with Crippen LogP contribution in [-0.4, -0.2) is 30.9 Å². The van der Waals surface area contributed by atoms with Crippen molar-refractivity contribution < 1.29 is 14.3 Å². The SMILES string of the molecule is O=C(CCl)NCCCCOC(=O)c1ccccc1. The van der Waals surface area contributed by atoms with Crippen LogP contribution in [0.25, 0.3) is 0 Å². The number of alkyl halides is 1. The van der Waals surface area contributed by atoms with Crippen molar-refractivity contribution in [3.63, 3.8) is 0 Å². The quantitative estimate of drug-likeness (QED) is 0.468. The third kappa shape index (κ3) is 5.68. The van der Waals surface area contributed by atoms with Gasteiger partial charge < -0.3 is 10.1 Å². The van der Waals surface area contributed by atoms with Crippen LogP contribution in [0.1, 0.15) is 23.2 Å². The lowest BCUT2D eigenvalue weighted by atomic mass is 10.2. The van der Waals surface area contributed by atoms with E-state index in [0.29, 0.717) is 25.1 Å². The molecular formula is C13H16ClNO3. The Morgan fingerprint density at radius 1 is 1.17 bits per heavy atom. The van der Waals surface area contributed by atoms with Crippen molar-refractivity contribution in [1.29, 1.82) is 0 Å². The lowest BCUT2D eigenvalue weighted by molar-refractivity contribution is -0.118. The van der Waals surface area contributed by atoms with Crippen molar-refractivity contribution in [2.45, 2.75) is 12.8 Å². The van der Waals surface area contributed by atoms with Gasteiger partial charge in [-0.25, -0.2) is 4.79 Å². The van der Waals surface area contributed by atoms with Crippen LogP contribution in [-0.2, 0) is 9.53 Å². The number of ether oxygens (including phenoxy) is 1. The van der Waals surface area contributed by atoms with Gasteiger partial charge in [0.1, 0.15) is 5.88 Å².